The average molecular weight is 375 g/mol. The molecule has 3 aromatic carbocycles. The van der Waals surface area contributed by atoms with Gasteiger partial charge in [-0.15, -0.1) is 0 Å². The molecule has 0 spiro atoms. The summed E-state index contributed by atoms with van der Waals surface area (Å²) in [6.07, 6.45) is 1.03. The lowest BCUT2D eigenvalue weighted by Crippen LogP contribution is -2.02. The van der Waals surface area contributed by atoms with Crippen molar-refractivity contribution in [3.8, 4) is 22.6 Å². The Balaban J connectivity index is 1.76. The van der Waals surface area contributed by atoms with Crippen molar-refractivity contribution in [3.05, 3.63) is 66.5 Å². The fourth-order valence-corrected chi connectivity index (χ4v) is 3.16. The van der Waals surface area contributed by atoms with Gasteiger partial charge in [0.1, 0.15) is 11.3 Å². The third-order valence-electron chi connectivity index (χ3n) is 4.67. The highest BCUT2D eigenvalue weighted by atomic mass is 19.1. The Bertz CT molecular complexity index is 1100. The van der Waals surface area contributed by atoms with E-state index in [4.69, 9.17) is 9.40 Å². The van der Waals surface area contributed by atoms with Crippen molar-refractivity contribution in [1.82, 2.24) is 4.98 Å². The predicted molar refractivity (Wildman–Crippen MR) is 113 cm³/mol. The maximum absolute atomic E-state index is 13.2. The van der Waals surface area contributed by atoms with Crippen molar-refractivity contribution in [2.45, 2.75) is 13.3 Å². The molecule has 0 aliphatic carbocycles. The molecule has 5 heteroatoms. The Hall–Kier alpha value is -3.34. The van der Waals surface area contributed by atoms with Gasteiger partial charge in [-0.2, -0.15) is 0 Å². The first kappa shape index (κ1) is 18.0. The summed E-state index contributed by atoms with van der Waals surface area (Å²) in [6, 6.07) is 18.4. The van der Waals surface area contributed by atoms with Crippen LogP contribution in [0.25, 0.3) is 33.7 Å². The number of nitrogens with one attached hydrogen (secondary N) is 2. The lowest BCUT2D eigenvalue weighted by molar-refractivity contribution is 0.620. The minimum Gasteiger partial charge on any atom is -0.436 e. The molecule has 0 fully saturated rings. The fraction of sp³-hybridized carbons (Fsp3) is 0.174. The molecule has 2 N–H and O–H groups in total. The van der Waals surface area contributed by atoms with E-state index in [0.717, 1.165) is 52.1 Å². The Kier molecular flexibility index (Phi) is 4.98. The molecule has 0 bridgehead atoms. The molecule has 0 saturated heterocycles. The standard InChI is InChI=1S/C23H22FN3O/c1-3-12-26-20-10-9-18(25-2)14-19(20)23-27-21-13-16(6-11-22(21)28-23)15-4-7-17(24)8-5-15/h4-11,13-14,25-26H,3,12H2,1-2H3. The Morgan fingerprint density at radius 3 is 2.50 bits per heavy atom. The predicted octanol–water partition coefficient (Wildman–Crippen LogP) is 6.16. The number of oxazole rings is 1. The van der Waals surface area contributed by atoms with Crippen LogP contribution < -0.4 is 10.6 Å². The number of benzene rings is 3. The van der Waals surface area contributed by atoms with E-state index in [1.807, 2.05) is 43.4 Å². The summed E-state index contributed by atoms with van der Waals surface area (Å²) in [5.41, 5.74) is 6.30. The zero-order valence-corrected chi connectivity index (χ0v) is 15.9. The van der Waals surface area contributed by atoms with E-state index in [9.17, 15) is 4.39 Å². The van der Waals surface area contributed by atoms with Gasteiger partial charge >= 0.3 is 0 Å². The van der Waals surface area contributed by atoms with Crippen LogP contribution in [0.3, 0.4) is 0 Å². The van der Waals surface area contributed by atoms with Crippen molar-refractivity contribution < 1.29 is 8.81 Å². The molecular formula is C23H22FN3O. The van der Waals surface area contributed by atoms with Gasteiger partial charge in [0.25, 0.3) is 0 Å². The Morgan fingerprint density at radius 1 is 0.964 bits per heavy atom. The molecule has 4 nitrogen and oxygen atoms in total. The van der Waals surface area contributed by atoms with Crippen molar-refractivity contribution in [2.75, 3.05) is 24.2 Å². The quantitative estimate of drug-likeness (QED) is 0.423. The third kappa shape index (κ3) is 3.56. The largest absolute Gasteiger partial charge is 0.436 e. The van der Waals surface area contributed by atoms with Crippen LogP contribution in [0.15, 0.2) is 65.1 Å². The van der Waals surface area contributed by atoms with Crippen molar-refractivity contribution in [1.29, 1.82) is 0 Å². The zero-order chi connectivity index (χ0) is 19.5. The molecule has 4 aromatic rings. The van der Waals surface area contributed by atoms with Gasteiger partial charge in [-0.25, -0.2) is 9.37 Å². The lowest BCUT2D eigenvalue weighted by atomic mass is 10.1. The van der Waals surface area contributed by atoms with Crippen LogP contribution in [0, 0.1) is 5.82 Å². The first-order valence-electron chi connectivity index (χ1n) is 9.40. The molecule has 0 radical (unpaired) electrons. The van der Waals surface area contributed by atoms with Crippen LogP contribution >= 0.6 is 0 Å². The number of fused-ring (bicyclic) bond motifs is 1. The topological polar surface area (TPSA) is 50.1 Å². The lowest BCUT2D eigenvalue weighted by Gasteiger charge is -2.11. The number of anilines is 2. The summed E-state index contributed by atoms with van der Waals surface area (Å²) < 4.78 is 19.2. The van der Waals surface area contributed by atoms with Gasteiger partial charge in [-0.05, 0) is 60.0 Å². The normalized spacial score (nSPS) is 11.0. The summed E-state index contributed by atoms with van der Waals surface area (Å²) in [5.74, 6) is 0.326. The van der Waals surface area contributed by atoms with Gasteiger partial charge in [-0.3, -0.25) is 0 Å². The molecule has 28 heavy (non-hydrogen) atoms. The number of nitrogens with zero attached hydrogens (tertiary/aromatic N) is 1. The summed E-state index contributed by atoms with van der Waals surface area (Å²) in [4.78, 5) is 4.72. The van der Waals surface area contributed by atoms with Crippen LogP contribution in [-0.4, -0.2) is 18.6 Å². The summed E-state index contributed by atoms with van der Waals surface area (Å²) in [7, 11) is 1.89. The average Bonchev–Trinajstić information content (AvgIpc) is 3.16. The summed E-state index contributed by atoms with van der Waals surface area (Å²) in [6.45, 7) is 3.01. The molecule has 0 unspecified atom stereocenters. The van der Waals surface area contributed by atoms with E-state index in [-0.39, 0.29) is 5.82 Å². The summed E-state index contributed by atoms with van der Waals surface area (Å²) in [5, 5.41) is 6.60. The van der Waals surface area contributed by atoms with Gasteiger partial charge in [0, 0.05) is 25.0 Å². The fourth-order valence-electron chi connectivity index (χ4n) is 3.16. The van der Waals surface area contributed by atoms with Crippen LogP contribution in [0.2, 0.25) is 0 Å². The molecule has 0 atom stereocenters. The number of hydrogen-bond acceptors (Lipinski definition) is 4. The molecule has 0 saturated carbocycles. The van der Waals surface area contributed by atoms with Crippen molar-refractivity contribution in [3.63, 3.8) is 0 Å². The SMILES string of the molecule is CCCNc1ccc(NC)cc1-c1nc2cc(-c3ccc(F)cc3)ccc2o1. The first-order chi connectivity index (χ1) is 13.7. The second kappa shape index (κ2) is 7.72. The van der Waals surface area contributed by atoms with Crippen LogP contribution in [0.5, 0.6) is 0 Å². The minimum atomic E-state index is -0.245. The number of hydrogen-bond donors (Lipinski definition) is 2. The number of rotatable bonds is 6. The summed E-state index contributed by atoms with van der Waals surface area (Å²) >= 11 is 0. The van der Waals surface area contributed by atoms with E-state index in [0.29, 0.717) is 5.89 Å². The van der Waals surface area contributed by atoms with Crippen LogP contribution in [0.1, 0.15) is 13.3 Å². The van der Waals surface area contributed by atoms with E-state index < -0.39 is 0 Å². The molecule has 142 valence electrons. The molecule has 1 heterocycles. The molecule has 0 aliphatic heterocycles. The second-order valence-corrected chi connectivity index (χ2v) is 6.65. The molecule has 0 amide bonds. The first-order valence-corrected chi connectivity index (χ1v) is 9.40. The van der Waals surface area contributed by atoms with Crippen LogP contribution in [-0.2, 0) is 0 Å². The van der Waals surface area contributed by atoms with Crippen LogP contribution in [0.4, 0.5) is 15.8 Å². The second-order valence-electron chi connectivity index (χ2n) is 6.65. The number of aromatic nitrogens is 1. The molecule has 1 aromatic heterocycles. The highest BCUT2D eigenvalue weighted by molar-refractivity contribution is 5.85. The van der Waals surface area contributed by atoms with Gasteiger partial charge in [-0.1, -0.05) is 25.1 Å². The monoisotopic (exact) mass is 375 g/mol. The number of halogens is 1. The smallest absolute Gasteiger partial charge is 0.229 e. The zero-order valence-electron chi connectivity index (χ0n) is 15.9. The maximum Gasteiger partial charge on any atom is 0.229 e. The van der Waals surface area contributed by atoms with Gasteiger partial charge in [0.05, 0.1) is 5.56 Å². The molecule has 0 aliphatic rings. The Labute approximate surface area is 163 Å². The molecule has 4 rings (SSSR count). The maximum atomic E-state index is 13.2. The Morgan fingerprint density at radius 2 is 1.75 bits per heavy atom. The highest BCUT2D eigenvalue weighted by Gasteiger charge is 2.14. The third-order valence-corrected chi connectivity index (χ3v) is 4.67. The van der Waals surface area contributed by atoms with E-state index in [2.05, 4.69) is 17.6 Å². The van der Waals surface area contributed by atoms with Gasteiger partial charge < -0.3 is 15.1 Å². The van der Waals surface area contributed by atoms with E-state index in [1.165, 1.54) is 12.1 Å². The van der Waals surface area contributed by atoms with Gasteiger partial charge in [0.15, 0.2) is 5.58 Å². The van der Waals surface area contributed by atoms with Crippen molar-refractivity contribution in [2.24, 2.45) is 0 Å². The van der Waals surface area contributed by atoms with Crippen molar-refractivity contribution >= 4 is 22.5 Å². The van der Waals surface area contributed by atoms with E-state index >= 15 is 0 Å². The highest BCUT2D eigenvalue weighted by Crippen LogP contribution is 2.34. The molecular weight excluding hydrogens is 353 g/mol. The van der Waals surface area contributed by atoms with E-state index in [1.54, 1.807) is 12.1 Å². The van der Waals surface area contributed by atoms with Gasteiger partial charge in [0.2, 0.25) is 5.89 Å². The minimum absolute atomic E-state index is 0.245.